The van der Waals surface area contributed by atoms with Gasteiger partial charge in [-0.25, -0.2) is 8.42 Å². The number of carbonyl (C=O) groups is 1. The fraction of sp³-hybridized carbons (Fsp3) is 0.500. The molecule has 0 bridgehead atoms. The van der Waals surface area contributed by atoms with Gasteiger partial charge in [-0.2, -0.15) is 0 Å². The van der Waals surface area contributed by atoms with Crippen molar-refractivity contribution in [2.45, 2.75) is 24.5 Å². The van der Waals surface area contributed by atoms with Crippen molar-refractivity contribution in [2.24, 2.45) is 5.92 Å². The predicted molar refractivity (Wildman–Crippen MR) is 69.9 cm³/mol. The summed E-state index contributed by atoms with van der Waals surface area (Å²) in [4.78, 5) is 15.4. The van der Waals surface area contributed by atoms with Gasteiger partial charge >= 0.3 is 5.97 Å². The number of hydrogen-bond acceptors (Lipinski definition) is 5. The van der Waals surface area contributed by atoms with Crippen LogP contribution in [0, 0.1) is 5.92 Å². The van der Waals surface area contributed by atoms with E-state index in [9.17, 15) is 13.2 Å². The number of anilines is 1. The lowest BCUT2D eigenvalue weighted by Crippen LogP contribution is -2.35. The van der Waals surface area contributed by atoms with E-state index in [-0.39, 0.29) is 0 Å². The first kappa shape index (κ1) is 13.8. The summed E-state index contributed by atoms with van der Waals surface area (Å²) in [7, 11) is -2.33. The van der Waals surface area contributed by atoms with Crippen molar-refractivity contribution in [1.29, 1.82) is 0 Å². The van der Waals surface area contributed by atoms with Crippen LogP contribution in [0.5, 0.6) is 0 Å². The highest BCUT2D eigenvalue weighted by Gasteiger charge is 2.42. The Balaban J connectivity index is 2.17. The number of nitrogens with one attached hydrogen (secondary N) is 1. The molecule has 0 aliphatic heterocycles. The second kappa shape index (κ2) is 5.56. The van der Waals surface area contributed by atoms with Crippen LogP contribution in [0.2, 0.25) is 0 Å². The van der Waals surface area contributed by atoms with Crippen molar-refractivity contribution in [3.63, 3.8) is 0 Å². The number of nitrogens with zero attached hydrogens (tertiary/aromatic N) is 1. The number of methoxy groups -OCH3 is 1. The highest BCUT2D eigenvalue weighted by molar-refractivity contribution is 7.93. The van der Waals surface area contributed by atoms with Gasteiger partial charge in [0.05, 0.1) is 30.2 Å². The molecule has 1 fully saturated rings. The van der Waals surface area contributed by atoms with Gasteiger partial charge in [0.25, 0.3) is 0 Å². The van der Waals surface area contributed by atoms with E-state index >= 15 is 0 Å². The van der Waals surface area contributed by atoms with Crippen LogP contribution in [0.3, 0.4) is 0 Å². The molecule has 2 rings (SSSR count). The molecule has 2 unspecified atom stereocenters. The Bertz CT molecular complexity index is 544. The summed E-state index contributed by atoms with van der Waals surface area (Å²) in [5.74, 6) is -1.04. The smallest absolute Gasteiger partial charge is 0.310 e. The third kappa shape index (κ3) is 3.04. The maximum atomic E-state index is 12.3. The molecule has 1 heterocycles. The van der Waals surface area contributed by atoms with E-state index in [1.807, 2.05) is 0 Å². The first-order valence-corrected chi connectivity index (χ1v) is 7.58. The van der Waals surface area contributed by atoms with Crippen LogP contribution in [0.4, 0.5) is 5.69 Å². The molecular formula is C12H16N2O4S. The maximum absolute atomic E-state index is 12.3. The second-order valence-electron chi connectivity index (χ2n) is 4.49. The standard InChI is InChI=1S/C12H16N2O4S/c1-18-12(15)10-5-2-6-11(10)19(16,17)14-9-4-3-7-13-8-9/h3-4,7-8,10-11,14H,2,5-6H2,1H3. The van der Waals surface area contributed by atoms with Crippen molar-refractivity contribution < 1.29 is 17.9 Å². The van der Waals surface area contributed by atoms with Crippen LogP contribution < -0.4 is 4.72 Å². The third-order valence-corrected chi connectivity index (χ3v) is 5.16. The molecule has 0 amide bonds. The van der Waals surface area contributed by atoms with E-state index in [2.05, 4.69) is 14.4 Å². The monoisotopic (exact) mass is 284 g/mol. The topological polar surface area (TPSA) is 85.4 Å². The lowest BCUT2D eigenvalue weighted by atomic mass is 10.1. The van der Waals surface area contributed by atoms with E-state index in [4.69, 9.17) is 0 Å². The van der Waals surface area contributed by atoms with Crippen LogP contribution in [-0.4, -0.2) is 31.7 Å². The zero-order valence-corrected chi connectivity index (χ0v) is 11.4. The second-order valence-corrected chi connectivity index (χ2v) is 6.39. The Hall–Kier alpha value is -1.63. The Morgan fingerprint density at radius 3 is 2.89 bits per heavy atom. The molecule has 0 radical (unpaired) electrons. The number of aromatic nitrogens is 1. The van der Waals surface area contributed by atoms with E-state index in [0.717, 1.165) is 0 Å². The Kier molecular flexibility index (Phi) is 4.04. The molecule has 7 heteroatoms. The molecule has 1 saturated carbocycles. The molecule has 1 aliphatic rings. The molecule has 0 spiro atoms. The number of ether oxygens (including phenoxy) is 1. The van der Waals surface area contributed by atoms with Gasteiger partial charge in [-0.3, -0.25) is 14.5 Å². The molecule has 0 saturated heterocycles. The van der Waals surface area contributed by atoms with E-state index in [1.54, 1.807) is 18.3 Å². The van der Waals surface area contributed by atoms with E-state index in [0.29, 0.717) is 24.9 Å². The van der Waals surface area contributed by atoms with Crippen molar-refractivity contribution in [1.82, 2.24) is 4.98 Å². The molecule has 6 nitrogen and oxygen atoms in total. The molecule has 2 atom stereocenters. The summed E-state index contributed by atoms with van der Waals surface area (Å²) < 4.78 is 31.7. The quantitative estimate of drug-likeness (QED) is 0.839. The first-order valence-electron chi connectivity index (χ1n) is 6.04. The SMILES string of the molecule is COC(=O)C1CCCC1S(=O)(=O)Nc1cccnc1. The molecule has 19 heavy (non-hydrogen) atoms. The summed E-state index contributed by atoms with van der Waals surface area (Å²) in [6, 6.07) is 3.26. The summed E-state index contributed by atoms with van der Waals surface area (Å²) >= 11 is 0. The summed E-state index contributed by atoms with van der Waals surface area (Å²) in [5, 5.41) is -0.736. The van der Waals surface area contributed by atoms with Gasteiger partial charge in [-0.1, -0.05) is 6.42 Å². The Morgan fingerprint density at radius 1 is 1.47 bits per heavy atom. The highest BCUT2D eigenvalue weighted by Crippen LogP contribution is 2.32. The normalized spacial score (nSPS) is 23.0. The number of carbonyl (C=O) groups excluding carboxylic acids is 1. The van der Waals surface area contributed by atoms with E-state index < -0.39 is 27.2 Å². The van der Waals surface area contributed by atoms with Crippen molar-refractivity contribution >= 4 is 21.7 Å². The highest BCUT2D eigenvalue weighted by atomic mass is 32.2. The minimum atomic E-state index is -3.61. The lowest BCUT2D eigenvalue weighted by molar-refractivity contribution is -0.145. The van der Waals surface area contributed by atoms with Gasteiger partial charge < -0.3 is 4.74 Å². The Morgan fingerprint density at radius 2 is 2.26 bits per heavy atom. The minimum Gasteiger partial charge on any atom is -0.469 e. The molecular weight excluding hydrogens is 268 g/mol. The van der Waals surface area contributed by atoms with Gasteiger partial charge in [0.1, 0.15) is 0 Å². The van der Waals surface area contributed by atoms with Gasteiger partial charge in [0, 0.05) is 6.20 Å². The van der Waals surface area contributed by atoms with Crippen molar-refractivity contribution in [2.75, 3.05) is 11.8 Å². The van der Waals surface area contributed by atoms with Crippen LogP contribution in [0.25, 0.3) is 0 Å². The number of rotatable bonds is 4. The maximum Gasteiger partial charge on any atom is 0.310 e. The van der Waals surface area contributed by atoms with Gasteiger partial charge in [0.2, 0.25) is 10.0 Å². The molecule has 1 N–H and O–H groups in total. The molecule has 1 aromatic heterocycles. The fourth-order valence-corrected chi connectivity index (χ4v) is 4.14. The first-order chi connectivity index (χ1) is 9.04. The zero-order valence-electron chi connectivity index (χ0n) is 10.6. The molecule has 0 aromatic carbocycles. The number of sulfonamides is 1. The average molecular weight is 284 g/mol. The van der Waals surface area contributed by atoms with Crippen LogP contribution in [0.15, 0.2) is 24.5 Å². The number of hydrogen-bond donors (Lipinski definition) is 1. The van der Waals surface area contributed by atoms with Crippen LogP contribution >= 0.6 is 0 Å². The van der Waals surface area contributed by atoms with Gasteiger partial charge in [-0.05, 0) is 25.0 Å². The average Bonchev–Trinajstić information content (AvgIpc) is 2.88. The fourth-order valence-electron chi connectivity index (χ4n) is 2.38. The molecule has 1 aromatic rings. The Labute approximate surface area is 112 Å². The summed E-state index contributed by atoms with van der Waals surface area (Å²) in [6.07, 6.45) is 4.71. The molecule has 1 aliphatic carbocycles. The van der Waals surface area contributed by atoms with Gasteiger partial charge in [0.15, 0.2) is 0 Å². The number of esters is 1. The molecule has 104 valence electrons. The lowest BCUT2D eigenvalue weighted by Gasteiger charge is -2.18. The van der Waals surface area contributed by atoms with Gasteiger partial charge in [-0.15, -0.1) is 0 Å². The third-order valence-electron chi connectivity index (χ3n) is 3.28. The minimum absolute atomic E-state index is 0.401. The zero-order chi connectivity index (χ0) is 13.9. The van der Waals surface area contributed by atoms with Crippen LogP contribution in [0.1, 0.15) is 19.3 Å². The predicted octanol–water partition coefficient (Wildman–Crippen LogP) is 1.16. The largest absolute Gasteiger partial charge is 0.469 e. The van der Waals surface area contributed by atoms with Crippen molar-refractivity contribution in [3.05, 3.63) is 24.5 Å². The van der Waals surface area contributed by atoms with Crippen LogP contribution in [-0.2, 0) is 19.6 Å². The summed E-state index contributed by atoms with van der Waals surface area (Å²) in [5.41, 5.74) is 0.401. The van der Waals surface area contributed by atoms with E-state index in [1.165, 1.54) is 13.3 Å². The number of pyridine rings is 1. The summed E-state index contributed by atoms with van der Waals surface area (Å²) in [6.45, 7) is 0. The van der Waals surface area contributed by atoms with Crippen molar-refractivity contribution in [3.8, 4) is 0 Å².